The number of carbonyl (C=O) groups is 3. The first-order valence-corrected chi connectivity index (χ1v) is 20.8. The van der Waals surface area contributed by atoms with Crippen LogP contribution in [-0.4, -0.2) is 95.3 Å². The molecule has 5 heterocycles. The minimum absolute atomic E-state index is 0.155. The second kappa shape index (κ2) is 15.9. The summed E-state index contributed by atoms with van der Waals surface area (Å²) in [5, 5.41) is 20.6. The minimum Gasteiger partial charge on any atom is -0.489 e. The summed E-state index contributed by atoms with van der Waals surface area (Å²) in [6.45, 7) is 14.9. The van der Waals surface area contributed by atoms with Gasteiger partial charge in [0.2, 0.25) is 5.91 Å². The number of nitriles is 1. The third kappa shape index (κ3) is 7.85. The van der Waals surface area contributed by atoms with Crippen LogP contribution in [0.1, 0.15) is 75.5 Å². The average Bonchev–Trinajstić information content (AvgIpc) is 3.22. The Hall–Kier alpha value is -5.52. The molecule has 4 fully saturated rings. The van der Waals surface area contributed by atoms with Crippen LogP contribution >= 0.6 is 11.6 Å². The number of hydrogen-bond donors (Lipinski definition) is 2. The topological polar surface area (TPSA) is 166 Å². The van der Waals surface area contributed by atoms with E-state index in [1.165, 1.54) is 4.68 Å². The number of amides is 3. The summed E-state index contributed by atoms with van der Waals surface area (Å²) >= 11 is 6.25. The number of nitrogens with zero attached hydrogens (tertiary/aromatic N) is 7. The molecule has 3 amide bonds. The Morgan fingerprint density at radius 2 is 1.63 bits per heavy atom. The zero-order chi connectivity index (χ0) is 41.6. The molecule has 4 aromatic rings. The highest BCUT2D eigenvalue weighted by Crippen LogP contribution is 2.55. The number of piperazine rings is 1. The van der Waals surface area contributed by atoms with Gasteiger partial charge >= 0.3 is 0 Å². The smallest absolute Gasteiger partial charge is 0.275 e. The standard InChI is InChI=1S/C44H50ClN9O5/c1-43(2)41(44(3,4)42(43)59-32-8-5-28(23-46)34(45)22-32)50-38(56)35-10-7-31(25-47-35)52-15-13-27(14-16-52)26-51-17-19-53(20-18-51)30-6-9-33-29(21-30)24-48-54(40(33)58)36-11-12-37(55)49-39(36)57/h5-10,21-22,24-25,27,36,41-42H,11-20,26H2,1-4H3,(H,50,56)(H,49,55,57)/t36-,41?,42?/m1/s1. The van der Waals surface area contributed by atoms with Crippen LogP contribution < -0.4 is 30.7 Å². The molecule has 1 atom stereocenters. The Bertz CT molecular complexity index is 2360. The quantitative estimate of drug-likeness (QED) is 0.220. The lowest BCUT2D eigenvalue weighted by atomic mass is 9.49. The number of anilines is 2. The number of rotatable bonds is 9. The molecule has 1 aliphatic carbocycles. The normalized spacial score (nSPS) is 23.3. The van der Waals surface area contributed by atoms with Crippen molar-refractivity contribution in [3.63, 3.8) is 0 Å². The number of ether oxygens (including phenoxy) is 1. The van der Waals surface area contributed by atoms with Gasteiger partial charge in [0.25, 0.3) is 17.4 Å². The van der Waals surface area contributed by atoms with E-state index in [-0.39, 0.29) is 53.2 Å². The van der Waals surface area contributed by atoms with E-state index in [2.05, 4.69) is 69.2 Å². The van der Waals surface area contributed by atoms with Crippen molar-refractivity contribution in [3.8, 4) is 11.8 Å². The highest BCUT2D eigenvalue weighted by molar-refractivity contribution is 6.31. The molecule has 0 unspecified atom stereocenters. The Kier molecular flexibility index (Phi) is 10.9. The number of fused-ring (bicyclic) bond motifs is 1. The summed E-state index contributed by atoms with van der Waals surface area (Å²) in [5.74, 6) is 0.163. The number of benzene rings is 2. The fraction of sp³-hybridized carbons (Fsp3) is 0.477. The molecule has 0 radical (unpaired) electrons. The lowest BCUT2D eigenvalue weighted by Gasteiger charge is -2.63. The molecule has 1 saturated carbocycles. The highest BCUT2D eigenvalue weighted by atomic mass is 35.5. The van der Waals surface area contributed by atoms with Gasteiger partial charge in [0.05, 0.1) is 34.1 Å². The maximum atomic E-state index is 13.4. The molecule has 14 nitrogen and oxygen atoms in total. The van der Waals surface area contributed by atoms with E-state index >= 15 is 0 Å². The van der Waals surface area contributed by atoms with Crippen LogP contribution in [0, 0.1) is 28.1 Å². The lowest BCUT2D eigenvalue weighted by Crippen LogP contribution is -2.74. The SMILES string of the molecule is CC1(C)C(NC(=O)c2ccc(N3CCC(CN4CCN(c5ccc6c(=O)n([C@@H]7CCC(=O)NC7=O)ncc6c5)CC4)CC3)cn2)C(C)(C)C1Oc1ccc(C#N)c(Cl)c1. The van der Waals surface area contributed by atoms with Crippen molar-refractivity contribution in [2.75, 3.05) is 55.6 Å². The Balaban J connectivity index is 0.792. The second-order valence-electron chi connectivity index (χ2n) is 17.6. The summed E-state index contributed by atoms with van der Waals surface area (Å²) in [4.78, 5) is 62.5. The first-order chi connectivity index (χ1) is 28.2. The minimum atomic E-state index is -0.784. The van der Waals surface area contributed by atoms with E-state index in [4.69, 9.17) is 16.3 Å². The Morgan fingerprint density at radius 3 is 2.29 bits per heavy atom. The van der Waals surface area contributed by atoms with Crippen molar-refractivity contribution in [2.45, 2.75) is 71.6 Å². The van der Waals surface area contributed by atoms with Crippen molar-refractivity contribution in [1.29, 1.82) is 5.26 Å². The summed E-state index contributed by atoms with van der Waals surface area (Å²) in [7, 11) is 0. The van der Waals surface area contributed by atoms with Gasteiger partial charge < -0.3 is 19.9 Å². The summed E-state index contributed by atoms with van der Waals surface area (Å²) in [6, 6.07) is 15.8. The van der Waals surface area contributed by atoms with Gasteiger partial charge in [-0.15, -0.1) is 0 Å². The number of halogens is 1. The largest absolute Gasteiger partial charge is 0.489 e. The second-order valence-corrected chi connectivity index (χ2v) is 18.0. The number of imide groups is 1. The number of carbonyl (C=O) groups excluding carboxylic acids is 3. The van der Waals surface area contributed by atoms with Crippen molar-refractivity contribution < 1.29 is 19.1 Å². The molecular formula is C44H50ClN9O5. The maximum absolute atomic E-state index is 13.4. The molecule has 0 bridgehead atoms. The predicted molar refractivity (Wildman–Crippen MR) is 225 cm³/mol. The van der Waals surface area contributed by atoms with Crippen LogP contribution in [0.5, 0.6) is 5.75 Å². The number of hydrogen-bond acceptors (Lipinski definition) is 11. The molecule has 4 aliphatic rings. The van der Waals surface area contributed by atoms with Crippen LogP contribution in [0.4, 0.5) is 11.4 Å². The molecule has 59 heavy (non-hydrogen) atoms. The molecule has 2 aromatic heterocycles. The molecule has 0 spiro atoms. The van der Waals surface area contributed by atoms with E-state index in [9.17, 15) is 24.4 Å². The summed E-state index contributed by atoms with van der Waals surface area (Å²) in [5.41, 5.74) is 1.77. The van der Waals surface area contributed by atoms with Gasteiger partial charge in [0.15, 0.2) is 0 Å². The van der Waals surface area contributed by atoms with Crippen molar-refractivity contribution in [3.05, 3.63) is 87.6 Å². The summed E-state index contributed by atoms with van der Waals surface area (Å²) < 4.78 is 7.57. The monoisotopic (exact) mass is 819 g/mol. The van der Waals surface area contributed by atoms with E-state index in [0.29, 0.717) is 33.3 Å². The fourth-order valence-electron chi connectivity index (χ4n) is 9.92. The number of aromatic nitrogens is 3. The third-order valence-electron chi connectivity index (χ3n) is 12.9. The highest BCUT2D eigenvalue weighted by Gasteiger charge is 2.64. The molecular weight excluding hydrogens is 770 g/mol. The summed E-state index contributed by atoms with van der Waals surface area (Å²) in [6.07, 6.45) is 5.86. The van der Waals surface area contributed by atoms with Gasteiger partial charge in [-0.2, -0.15) is 10.4 Å². The maximum Gasteiger partial charge on any atom is 0.275 e. The zero-order valence-electron chi connectivity index (χ0n) is 33.9. The van der Waals surface area contributed by atoms with Gasteiger partial charge in [-0.25, -0.2) is 9.67 Å². The van der Waals surface area contributed by atoms with Crippen molar-refractivity contribution >= 4 is 51.5 Å². The van der Waals surface area contributed by atoms with Crippen molar-refractivity contribution in [2.24, 2.45) is 16.7 Å². The van der Waals surface area contributed by atoms with Gasteiger partial charge in [0, 0.05) is 86.2 Å². The van der Waals surface area contributed by atoms with Crippen LogP contribution in [-0.2, 0) is 9.59 Å². The Morgan fingerprint density at radius 1 is 0.915 bits per heavy atom. The fourth-order valence-corrected chi connectivity index (χ4v) is 10.1. The molecule has 3 aliphatic heterocycles. The molecule has 308 valence electrons. The van der Waals surface area contributed by atoms with Gasteiger partial charge in [-0.3, -0.25) is 29.4 Å². The van der Waals surface area contributed by atoms with Crippen LogP contribution in [0.2, 0.25) is 5.02 Å². The van der Waals surface area contributed by atoms with E-state index in [1.807, 2.05) is 36.5 Å². The predicted octanol–water partition coefficient (Wildman–Crippen LogP) is 4.94. The number of nitrogens with one attached hydrogen (secondary N) is 2. The molecule has 3 saturated heterocycles. The Labute approximate surface area is 348 Å². The van der Waals surface area contributed by atoms with E-state index in [0.717, 1.165) is 75.4 Å². The van der Waals surface area contributed by atoms with Gasteiger partial charge in [-0.1, -0.05) is 39.3 Å². The van der Waals surface area contributed by atoms with Gasteiger partial charge in [0.1, 0.15) is 29.7 Å². The molecule has 8 rings (SSSR count). The van der Waals surface area contributed by atoms with E-state index < -0.39 is 11.9 Å². The van der Waals surface area contributed by atoms with Crippen LogP contribution in [0.15, 0.2) is 65.7 Å². The molecule has 15 heteroatoms. The first-order valence-electron chi connectivity index (χ1n) is 20.4. The van der Waals surface area contributed by atoms with Crippen molar-refractivity contribution in [1.82, 2.24) is 30.3 Å². The molecule has 2 aromatic carbocycles. The van der Waals surface area contributed by atoms with Gasteiger partial charge in [-0.05, 0) is 67.6 Å². The average molecular weight is 820 g/mol. The first kappa shape index (κ1) is 40.3. The van der Waals surface area contributed by atoms with E-state index in [1.54, 1.807) is 24.4 Å². The zero-order valence-corrected chi connectivity index (χ0v) is 34.7. The van der Waals surface area contributed by atoms with Crippen LogP contribution in [0.25, 0.3) is 10.8 Å². The number of pyridine rings is 1. The molecule has 2 N–H and O–H groups in total. The number of piperidine rings is 2. The third-order valence-corrected chi connectivity index (χ3v) is 13.3. The lowest BCUT2D eigenvalue weighted by molar-refractivity contribution is -0.164. The van der Waals surface area contributed by atoms with Crippen LogP contribution in [0.3, 0.4) is 0 Å².